The summed E-state index contributed by atoms with van der Waals surface area (Å²) in [5.74, 6) is 2.40. The van der Waals surface area contributed by atoms with E-state index < -0.39 is 0 Å². The molecule has 3 heteroatoms. The van der Waals surface area contributed by atoms with Gasteiger partial charge in [-0.1, -0.05) is 13.3 Å². The summed E-state index contributed by atoms with van der Waals surface area (Å²) in [5, 5.41) is 0. The minimum Gasteiger partial charge on any atom is -0.381 e. The molecule has 0 bridgehead atoms. The Kier molecular flexibility index (Phi) is 5.47. The van der Waals surface area contributed by atoms with Crippen LogP contribution in [-0.4, -0.2) is 30.5 Å². The number of carbonyl (C=O) groups is 1. The molecular weight excluding hydrogens is 184 g/mol. The summed E-state index contributed by atoms with van der Waals surface area (Å²) in [4.78, 5) is 11.5. The van der Waals surface area contributed by atoms with Crippen LogP contribution in [0.1, 0.15) is 26.2 Å². The van der Waals surface area contributed by atoms with Crippen LogP contribution in [0.25, 0.3) is 0 Å². The first kappa shape index (κ1) is 11.1. The number of ether oxygens (including phenoxy) is 1. The van der Waals surface area contributed by atoms with Gasteiger partial charge in [0.05, 0.1) is 12.4 Å². The monoisotopic (exact) mass is 202 g/mol. The Morgan fingerprint density at radius 3 is 3.08 bits per heavy atom. The number of Topliss-reactive ketones (excluding diaryl/α,β-unsaturated/α-hetero) is 1. The smallest absolute Gasteiger partial charge is 0.148 e. The Bertz CT molecular complexity index is 153. The number of thioether (sulfide) groups is 1. The van der Waals surface area contributed by atoms with Gasteiger partial charge in [0.15, 0.2) is 0 Å². The highest BCUT2D eigenvalue weighted by molar-refractivity contribution is 7.99. The van der Waals surface area contributed by atoms with Gasteiger partial charge in [-0.2, -0.15) is 11.8 Å². The Hall–Kier alpha value is -0.0200. The summed E-state index contributed by atoms with van der Waals surface area (Å²) in [6.07, 6.45) is 3.38. The maximum absolute atomic E-state index is 11.5. The molecule has 0 N–H and O–H groups in total. The standard InChI is InChI=1S/C10H18O2S/c1-2-3-6-13-8-10(11)9-4-5-12-7-9/h9H,2-8H2,1H3. The molecule has 0 aliphatic carbocycles. The third kappa shape index (κ3) is 4.14. The quantitative estimate of drug-likeness (QED) is 0.617. The van der Waals surface area contributed by atoms with Crippen LogP contribution in [0.5, 0.6) is 0 Å². The van der Waals surface area contributed by atoms with Crippen LogP contribution < -0.4 is 0 Å². The number of unbranched alkanes of at least 4 members (excludes halogenated alkanes) is 1. The van der Waals surface area contributed by atoms with Crippen molar-refractivity contribution in [3.8, 4) is 0 Å². The molecule has 0 aromatic heterocycles. The second-order valence-electron chi connectivity index (χ2n) is 3.43. The molecule has 1 unspecified atom stereocenters. The summed E-state index contributed by atoms with van der Waals surface area (Å²) in [6, 6.07) is 0. The first-order chi connectivity index (χ1) is 6.34. The molecule has 13 heavy (non-hydrogen) atoms. The Labute approximate surface area is 84.4 Å². The molecule has 1 rings (SSSR count). The molecule has 1 atom stereocenters. The molecule has 0 aromatic carbocycles. The van der Waals surface area contributed by atoms with Gasteiger partial charge in [0.1, 0.15) is 5.78 Å². The van der Waals surface area contributed by atoms with Crippen molar-refractivity contribution in [1.29, 1.82) is 0 Å². The molecule has 0 spiro atoms. The van der Waals surface area contributed by atoms with E-state index in [0.717, 1.165) is 18.8 Å². The second-order valence-corrected chi connectivity index (χ2v) is 4.54. The first-order valence-corrected chi connectivity index (χ1v) is 6.18. The lowest BCUT2D eigenvalue weighted by Crippen LogP contribution is -2.16. The third-order valence-corrected chi connectivity index (χ3v) is 3.34. The molecule has 1 fully saturated rings. The summed E-state index contributed by atoms with van der Waals surface area (Å²) in [6.45, 7) is 3.61. The van der Waals surface area contributed by atoms with Gasteiger partial charge in [0.2, 0.25) is 0 Å². The van der Waals surface area contributed by atoms with Crippen LogP contribution in [-0.2, 0) is 9.53 Å². The van der Waals surface area contributed by atoms with Crippen molar-refractivity contribution in [2.75, 3.05) is 24.7 Å². The van der Waals surface area contributed by atoms with E-state index >= 15 is 0 Å². The highest BCUT2D eigenvalue weighted by Gasteiger charge is 2.22. The van der Waals surface area contributed by atoms with E-state index in [-0.39, 0.29) is 5.92 Å². The number of carbonyl (C=O) groups excluding carboxylic acids is 1. The lowest BCUT2D eigenvalue weighted by molar-refractivity contribution is -0.120. The van der Waals surface area contributed by atoms with Crippen LogP contribution >= 0.6 is 11.8 Å². The van der Waals surface area contributed by atoms with Crippen molar-refractivity contribution in [2.45, 2.75) is 26.2 Å². The lowest BCUT2D eigenvalue weighted by atomic mass is 10.1. The van der Waals surface area contributed by atoms with Gasteiger partial charge in [-0.3, -0.25) is 4.79 Å². The van der Waals surface area contributed by atoms with Gasteiger partial charge in [-0.05, 0) is 18.6 Å². The predicted molar refractivity (Wildman–Crippen MR) is 56.2 cm³/mol. The van der Waals surface area contributed by atoms with Crippen LogP contribution in [0, 0.1) is 5.92 Å². The van der Waals surface area contributed by atoms with E-state index in [4.69, 9.17) is 4.74 Å². The molecular formula is C10H18O2S. The molecule has 1 aliphatic rings. The highest BCUT2D eigenvalue weighted by atomic mass is 32.2. The van der Waals surface area contributed by atoms with Crippen LogP contribution in [0.15, 0.2) is 0 Å². The average Bonchev–Trinajstić information content (AvgIpc) is 2.65. The molecule has 1 heterocycles. The van der Waals surface area contributed by atoms with Crippen molar-refractivity contribution in [2.24, 2.45) is 5.92 Å². The first-order valence-electron chi connectivity index (χ1n) is 5.02. The zero-order valence-corrected chi connectivity index (χ0v) is 9.07. The van der Waals surface area contributed by atoms with Crippen molar-refractivity contribution in [3.63, 3.8) is 0 Å². The normalized spacial score (nSPS) is 22.1. The summed E-state index contributed by atoms with van der Waals surface area (Å²) < 4.78 is 5.18. The molecule has 0 amide bonds. The van der Waals surface area contributed by atoms with E-state index in [0.29, 0.717) is 18.1 Å². The maximum Gasteiger partial charge on any atom is 0.148 e. The van der Waals surface area contributed by atoms with E-state index in [1.54, 1.807) is 11.8 Å². The molecule has 2 nitrogen and oxygen atoms in total. The van der Waals surface area contributed by atoms with Crippen LogP contribution in [0.4, 0.5) is 0 Å². The fraction of sp³-hybridized carbons (Fsp3) is 0.900. The van der Waals surface area contributed by atoms with Crippen LogP contribution in [0.2, 0.25) is 0 Å². The van der Waals surface area contributed by atoms with Crippen molar-refractivity contribution in [1.82, 2.24) is 0 Å². The van der Waals surface area contributed by atoms with Crippen molar-refractivity contribution < 1.29 is 9.53 Å². The maximum atomic E-state index is 11.5. The van der Waals surface area contributed by atoms with Crippen molar-refractivity contribution >= 4 is 17.5 Å². The third-order valence-electron chi connectivity index (χ3n) is 2.27. The van der Waals surface area contributed by atoms with Gasteiger partial charge >= 0.3 is 0 Å². The Balaban J connectivity index is 2.03. The molecule has 0 radical (unpaired) electrons. The van der Waals surface area contributed by atoms with Crippen LogP contribution in [0.3, 0.4) is 0 Å². The van der Waals surface area contributed by atoms with Gasteiger partial charge in [0.25, 0.3) is 0 Å². The minimum absolute atomic E-state index is 0.203. The van der Waals surface area contributed by atoms with Crippen molar-refractivity contribution in [3.05, 3.63) is 0 Å². The van der Waals surface area contributed by atoms with Gasteiger partial charge in [-0.15, -0.1) is 0 Å². The van der Waals surface area contributed by atoms with E-state index in [1.807, 2.05) is 0 Å². The number of hydrogen-bond donors (Lipinski definition) is 0. The summed E-state index contributed by atoms with van der Waals surface area (Å²) in [7, 11) is 0. The topological polar surface area (TPSA) is 26.3 Å². The van der Waals surface area contributed by atoms with Gasteiger partial charge < -0.3 is 4.74 Å². The average molecular weight is 202 g/mol. The molecule has 0 saturated carbocycles. The van der Waals surface area contributed by atoms with E-state index in [9.17, 15) is 4.79 Å². The molecule has 76 valence electrons. The fourth-order valence-corrected chi connectivity index (χ4v) is 2.40. The largest absolute Gasteiger partial charge is 0.381 e. The van der Waals surface area contributed by atoms with E-state index in [1.165, 1.54) is 12.8 Å². The van der Waals surface area contributed by atoms with Gasteiger partial charge in [-0.25, -0.2) is 0 Å². The fourth-order valence-electron chi connectivity index (χ4n) is 1.33. The number of ketones is 1. The Morgan fingerprint density at radius 1 is 1.62 bits per heavy atom. The lowest BCUT2D eigenvalue weighted by Gasteiger charge is -2.05. The Morgan fingerprint density at radius 2 is 2.46 bits per heavy atom. The number of rotatable bonds is 6. The molecule has 1 aliphatic heterocycles. The summed E-state index contributed by atoms with van der Waals surface area (Å²) >= 11 is 1.77. The predicted octanol–water partition coefficient (Wildman–Crippen LogP) is 2.13. The summed E-state index contributed by atoms with van der Waals surface area (Å²) in [5.41, 5.74) is 0. The zero-order valence-electron chi connectivity index (χ0n) is 8.25. The number of hydrogen-bond acceptors (Lipinski definition) is 3. The highest BCUT2D eigenvalue weighted by Crippen LogP contribution is 2.16. The zero-order chi connectivity index (χ0) is 9.52. The minimum atomic E-state index is 0.203. The molecule has 0 aromatic rings. The van der Waals surface area contributed by atoms with E-state index in [2.05, 4.69) is 6.92 Å². The SMILES string of the molecule is CCCCSCC(=O)C1CCOC1. The second kappa shape index (κ2) is 6.44. The van der Waals surface area contributed by atoms with Gasteiger partial charge in [0, 0.05) is 12.5 Å². The molecule has 1 saturated heterocycles.